The third-order valence-corrected chi connectivity index (χ3v) is 2.95. The van der Waals surface area contributed by atoms with Crippen molar-refractivity contribution in [3.63, 3.8) is 0 Å². The minimum Gasteiger partial charge on any atom is -0.481 e. The van der Waals surface area contributed by atoms with Gasteiger partial charge in [0.05, 0.1) is 11.3 Å². The molecule has 1 heterocycles. The highest BCUT2D eigenvalue weighted by atomic mass is 32.1. The fraction of sp³-hybridized carbons (Fsp3) is 0.300. The van der Waals surface area contributed by atoms with Gasteiger partial charge in [0.15, 0.2) is 0 Å². The van der Waals surface area contributed by atoms with Crippen LogP contribution >= 0.6 is 11.3 Å². The summed E-state index contributed by atoms with van der Waals surface area (Å²) < 4.78 is 0. The van der Waals surface area contributed by atoms with Crippen LogP contribution in [0.25, 0.3) is 0 Å². The first-order chi connectivity index (χ1) is 7.90. The molecule has 6 nitrogen and oxygen atoms in total. The zero-order valence-corrected chi connectivity index (χ0v) is 9.78. The Kier molecular flexibility index (Phi) is 4.22. The van der Waals surface area contributed by atoms with Crippen molar-refractivity contribution in [1.82, 2.24) is 5.32 Å². The summed E-state index contributed by atoms with van der Waals surface area (Å²) in [6.45, 7) is 1.81. The fourth-order valence-electron chi connectivity index (χ4n) is 1.16. The first-order valence-electron chi connectivity index (χ1n) is 4.72. The van der Waals surface area contributed by atoms with Gasteiger partial charge in [-0.25, -0.2) is 4.79 Å². The van der Waals surface area contributed by atoms with E-state index < -0.39 is 30.3 Å². The van der Waals surface area contributed by atoms with Crippen molar-refractivity contribution in [2.45, 2.75) is 19.4 Å². The van der Waals surface area contributed by atoms with Crippen LogP contribution in [0.3, 0.4) is 0 Å². The number of hydrogen-bond acceptors (Lipinski definition) is 4. The molecule has 0 aliphatic heterocycles. The Balaban J connectivity index is 2.70. The molecule has 0 aliphatic carbocycles. The highest BCUT2D eigenvalue weighted by Gasteiger charge is 2.23. The summed E-state index contributed by atoms with van der Waals surface area (Å²) in [4.78, 5) is 34.0. The molecule has 1 amide bonds. The Hall–Kier alpha value is -1.89. The molecule has 0 aliphatic rings. The Bertz CT molecular complexity index is 453. The van der Waals surface area contributed by atoms with Crippen molar-refractivity contribution in [3.05, 3.63) is 21.9 Å². The van der Waals surface area contributed by atoms with Crippen LogP contribution in [0.2, 0.25) is 0 Å². The van der Waals surface area contributed by atoms with Gasteiger partial charge in [0.2, 0.25) is 0 Å². The average molecular weight is 257 g/mol. The number of carboxylic acids is 2. The number of thiophene rings is 1. The Morgan fingerprint density at radius 1 is 1.35 bits per heavy atom. The summed E-state index contributed by atoms with van der Waals surface area (Å²) >= 11 is 1.22. The standard InChI is InChI=1S/C10H11NO5S/c1-5-2-3-7(17-5)9(14)11-6(10(15)16)4-8(12)13/h2-3,6H,4H2,1H3,(H,11,14)(H,12,13)(H,15,16). The van der Waals surface area contributed by atoms with E-state index in [1.807, 2.05) is 6.92 Å². The quantitative estimate of drug-likeness (QED) is 0.720. The molecule has 0 saturated carbocycles. The summed E-state index contributed by atoms with van der Waals surface area (Å²) in [5.74, 6) is -3.22. The van der Waals surface area contributed by atoms with Gasteiger partial charge < -0.3 is 15.5 Å². The summed E-state index contributed by atoms with van der Waals surface area (Å²) in [5.41, 5.74) is 0. The first-order valence-corrected chi connectivity index (χ1v) is 5.53. The normalized spacial score (nSPS) is 11.8. The van der Waals surface area contributed by atoms with Crippen molar-refractivity contribution in [2.24, 2.45) is 0 Å². The maximum atomic E-state index is 11.6. The van der Waals surface area contributed by atoms with E-state index in [0.717, 1.165) is 4.88 Å². The molecule has 17 heavy (non-hydrogen) atoms. The minimum atomic E-state index is -1.41. The van der Waals surface area contributed by atoms with Crippen molar-refractivity contribution < 1.29 is 24.6 Å². The highest BCUT2D eigenvalue weighted by molar-refractivity contribution is 7.13. The molecule has 1 unspecified atom stereocenters. The zero-order chi connectivity index (χ0) is 13.0. The molecular weight excluding hydrogens is 246 g/mol. The molecule has 1 atom stereocenters. The van der Waals surface area contributed by atoms with E-state index in [4.69, 9.17) is 10.2 Å². The number of amides is 1. The molecule has 0 saturated heterocycles. The van der Waals surface area contributed by atoms with Crippen LogP contribution in [0, 0.1) is 6.92 Å². The van der Waals surface area contributed by atoms with Gasteiger partial charge in [-0.2, -0.15) is 0 Å². The number of carboxylic acid groups (broad SMARTS) is 2. The first kappa shape index (κ1) is 13.2. The van der Waals surface area contributed by atoms with E-state index in [1.165, 1.54) is 11.3 Å². The zero-order valence-electron chi connectivity index (χ0n) is 8.97. The van der Waals surface area contributed by atoms with Gasteiger partial charge in [-0.3, -0.25) is 9.59 Å². The Morgan fingerprint density at radius 2 is 2.00 bits per heavy atom. The second-order valence-corrected chi connectivity index (χ2v) is 4.66. The molecule has 92 valence electrons. The van der Waals surface area contributed by atoms with E-state index in [-0.39, 0.29) is 0 Å². The molecule has 0 fully saturated rings. The molecule has 3 N–H and O–H groups in total. The van der Waals surface area contributed by atoms with Gasteiger partial charge >= 0.3 is 11.9 Å². The second kappa shape index (κ2) is 5.44. The number of rotatable bonds is 5. The molecule has 7 heteroatoms. The highest BCUT2D eigenvalue weighted by Crippen LogP contribution is 2.15. The van der Waals surface area contributed by atoms with Crippen LogP contribution in [-0.4, -0.2) is 34.1 Å². The molecule has 0 radical (unpaired) electrons. The van der Waals surface area contributed by atoms with Crippen LogP contribution in [-0.2, 0) is 9.59 Å². The van der Waals surface area contributed by atoms with Gasteiger partial charge in [0, 0.05) is 4.88 Å². The number of carbonyl (C=O) groups is 3. The number of carbonyl (C=O) groups excluding carboxylic acids is 1. The van der Waals surface area contributed by atoms with Crippen LogP contribution < -0.4 is 5.32 Å². The van der Waals surface area contributed by atoms with Crippen molar-refractivity contribution in [1.29, 1.82) is 0 Å². The van der Waals surface area contributed by atoms with Crippen LogP contribution in [0.5, 0.6) is 0 Å². The van der Waals surface area contributed by atoms with Gasteiger partial charge in [0.1, 0.15) is 6.04 Å². The van der Waals surface area contributed by atoms with Crippen molar-refractivity contribution >= 4 is 29.2 Å². The third kappa shape index (κ3) is 3.87. The van der Waals surface area contributed by atoms with Crippen LogP contribution in [0.15, 0.2) is 12.1 Å². The topological polar surface area (TPSA) is 104 Å². The largest absolute Gasteiger partial charge is 0.481 e. The van der Waals surface area contributed by atoms with E-state index in [0.29, 0.717) is 4.88 Å². The van der Waals surface area contributed by atoms with E-state index in [1.54, 1.807) is 12.1 Å². The number of nitrogens with one attached hydrogen (secondary N) is 1. The molecule has 0 spiro atoms. The summed E-state index contributed by atoms with van der Waals surface area (Å²) in [6.07, 6.45) is -0.647. The van der Waals surface area contributed by atoms with E-state index in [2.05, 4.69) is 5.32 Å². The summed E-state index contributed by atoms with van der Waals surface area (Å²) in [6, 6.07) is 1.88. The lowest BCUT2D eigenvalue weighted by atomic mass is 10.2. The van der Waals surface area contributed by atoms with Crippen LogP contribution in [0.1, 0.15) is 21.0 Å². The number of aryl methyl sites for hydroxylation is 1. The lowest BCUT2D eigenvalue weighted by Gasteiger charge is -2.11. The van der Waals surface area contributed by atoms with Gasteiger partial charge in [-0.05, 0) is 19.1 Å². The predicted molar refractivity (Wildman–Crippen MR) is 60.2 cm³/mol. The van der Waals surface area contributed by atoms with Crippen LogP contribution in [0.4, 0.5) is 0 Å². The van der Waals surface area contributed by atoms with Crippen molar-refractivity contribution in [3.8, 4) is 0 Å². The lowest BCUT2D eigenvalue weighted by Crippen LogP contribution is -2.41. The molecule has 0 bridgehead atoms. The maximum Gasteiger partial charge on any atom is 0.326 e. The lowest BCUT2D eigenvalue weighted by molar-refractivity contribution is -0.145. The van der Waals surface area contributed by atoms with Crippen molar-refractivity contribution in [2.75, 3.05) is 0 Å². The smallest absolute Gasteiger partial charge is 0.326 e. The van der Waals surface area contributed by atoms with E-state index in [9.17, 15) is 14.4 Å². The number of hydrogen-bond donors (Lipinski definition) is 3. The summed E-state index contributed by atoms with van der Waals surface area (Å²) in [5, 5.41) is 19.4. The molecule has 0 aromatic carbocycles. The minimum absolute atomic E-state index is 0.360. The third-order valence-electron chi connectivity index (χ3n) is 1.95. The SMILES string of the molecule is Cc1ccc(C(=O)NC(CC(=O)O)C(=O)O)s1. The van der Waals surface area contributed by atoms with Gasteiger partial charge in [-0.15, -0.1) is 11.3 Å². The fourth-order valence-corrected chi connectivity index (χ4v) is 1.93. The van der Waals surface area contributed by atoms with E-state index >= 15 is 0 Å². The maximum absolute atomic E-state index is 11.6. The molecule has 1 aromatic heterocycles. The Labute approximate surface area is 101 Å². The molecule has 1 rings (SSSR count). The summed E-state index contributed by atoms with van der Waals surface area (Å²) in [7, 11) is 0. The Morgan fingerprint density at radius 3 is 2.41 bits per heavy atom. The number of aliphatic carboxylic acids is 2. The predicted octanol–water partition coefficient (Wildman–Crippen LogP) is 0.714. The molecule has 1 aromatic rings. The average Bonchev–Trinajstić information content (AvgIpc) is 2.63. The monoisotopic (exact) mass is 257 g/mol. The van der Waals surface area contributed by atoms with Gasteiger partial charge in [0.25, 0.3) is 5.91 Å². The molecular formula is C10H11NO5S. The van der Waals surface area contributed by atoms with Gasteiger partial charge in [-0.1, -0.05) is 0 Å². The second-order valence-electron chi connectivity index (χ2n) is 3.37.